The molecule has 0 rings (SSSR count). The molecule has 0 aliphatic carbocycles. The van der Waals surface area contributed by atoms with Crippen LogP contribution < -0.4 is 5.32 Å². The number of hydrogen-bond donors (Lipinski definition) is 1. The minimum absolute atomic E-state index is 0.0792. The second-order valence-electron chi connectivity index (χ2n) is 3.69. The number of nitrogens with zero attached hydrogens (tertiary/aromatic N) is 1. The highest BCUT2D eigenvalue weighted by Gasteiger charge is 2.11. The van der Waals surface area contributed by atoms with Crippen molar-refractivity contribution in [3.63, 3.8) is 0 Å². The third-order valence-electron chi connectivity index (χ3n) is 2.05. The van der Waals surface area contributed by atoms with Crippen LogP contribution in [0.25, 0.3) is 0 Å². The van der Waals surface area contributed by atoms with Crippen LogP contribution in [0.3, 0.4) is 0 Å². The Kier molecular flexibility index (Phi) is 7.96. The number of likely N-dealkylation sites (N-methyl/N-ethyl adjacent to an activating group) is 2. The molecule has 6 heteroatoms. The van der Waals surface area contributed by atoms with E-state index in [0.29, 0.717) is 6.61 Å². The normalized spacial score (nSPS) is 10.1. The lowest BCUT2D eigenvalue weighted by Crippen LogP contribution is -2.36. The predicted octanol–water partition coefficient (Wildman–Crippen LogP) is -0.423. The summed E-state index contributed by atoms with van der Waals surface area (Å²) in [6.07, 6.45) is 0.247. The van der Waals surface area contributed by atoms with E-state index in [1.54, 1.807) is 25.9 Å². The second-order valence-corrected chi connectivity index (χ2v) is 3.69. The Bertz CT molecular complexity index is 279. The van der Waals surface area contributed by atoms with E-state index in [1.165, 1.54) is 0 Å². The molecule has 17 heavy (non-hydrogen) atoms. The molecule has 0 unspecified atom stereocenters. The quantitative estimate of drug-likeness (QED) is 0.587. The first kappa shape index (κ1) is 15.6. The van der Waals surface area contributed by atoms with E-state index in [9.17, 15) is 14.4 Å². The molecule has 0 aliphatic rings. The summed E-state index contributed by atoms with van der Waals surface area (Å²) in [6, 6.07) is 0. The molecular weight excluding hydrogens is 224 g/mol. The van der Waals surface area contributed by atoms with E-state index in [1.807, 2.05) is 0 Å². The molecule has 6 nitrogen and oxygen atoms in total. The van der Waals surface area contributed by atoms with Crippen LogP contribution in [0, 0.1) is 0 Å². The van der Waals surface area contributed by atoms with Crippen molar-refractivity contribution in [1.82, 2.24) is 10.2 Å². The van der Waals surface area contributed by atoms with Crippen LogP contribution in [0.5, 0.6) is 0 Å². The molecule has 0 spiro atoms. The molecule has 0 fully saturated rings. The summed E-state index contributed by atoms with van der Waals surface area (Å²) in [5.74, 6) is -0.593. The molecule has 0 saturated heterocycles. The fourth-order valence-corrected chi connectivity index (χ4v) is 1.23. The summed E-state index contributed by atoms with van der Waals surface area (Å²) < 4.78 is 4.71. The molecule has 0 radical (unpaired) electrons. The Morgan fingerprint density at radius 1 is 1.18 bits per heavy atom. The molecule has 0 aliphatic heterocycles. The summed E-state index contributed by atoms with van der Waals surface area (Å²) in [4.78, 5) is 35.1. The van der Waals surface area contributed by atoms with Gasteiger partial charge in [-0.15, -0.1) is 0 Å². The van der Waals surface area contributed by atoms with Crippen molar-refractivity contribution in [1.29, 1.82) is 0 Å². The lowest BCUT2D eigenvalue weighted by Gasteiger charge is -2.14. The van der Waals surface area contributed by atoms with Crippen LogP contribution in [0.15, 0.2) is 0 Å². The number of rotatable bonds is 8. The lowest BCUT2D eigenvalue weighted by atomic mass is 10.2. The van der Waals surface area contributed by atoms with E-state index in [0.717, 1.165) is 0 Å². The number of nitrogens with one attached hydrogen (secondary N) is 1. The van der Waals surface area contributed by atoms with Gasteiger partial charge < -0.3 is 10.1 Å². The van der Waals surface area contributed by atoms with Crippen molar-refractivity contribution in [3.05, 3.63) is 0 Å². The molecule has 1 N–H and O–H groups in total. The third-order valence-corrected chi connectivity index (χ3v) is 2.05. The predicted molar refractivity (Wildman–Crippen MR) is 62.4 cm³/mol. The average Bonchev–Trinajstić information content (AvgIpc) is 2.26. The van der Waals surface area contributed by atoms with Crippen molar-refractivity contribution in [2.24, 2.45) is 0 Å². The maximum atomic E-state index is 11.5. The number of hydrogen-bond acceptors (Lipinski definition) is 5. The molecular formula is C11H20N2O4. The SMILES string of the molecule is CCOC(=O)CCC(=O)CN(C)CC(=O)NC. The van der Waals surface area contributed by atoms with Gasteiger partial charge in [0.15, 0.2) is 0 Å². The van der Waals surface area contributed by atoms with Gasteiger partial charge in [0, 0.05) is 13.5 Å². The van der Waals surface area contributed by atoms with Gasteiger partial charge in [0.05, 0.1) is 26.1 Å². The fourth-order valence-electron chi connectivity index (χ4n) is 1.23. The number of esters is 1. The number of ether oxygens (including phenoxy) is 1. The van der Waals surface area contributed by atoms with Gasteiger partial charge in [-0.25, -0.2) is 0 Å². The van der Waals surface area contributed by atoms with Gasteiger partial charge in [0.25, 0.3) is 0 Å². The van der Waals surface area contributed by atoms with Crippen LogP contribution in [-0.2, 0) is 19.1 Å². The number of carbonyl (C=O) groups is 3. The standard InChI is InChI=1S/C11H20N2O4/c1-4-17-11(16)6-5-9(14)7-13(3)8-10(15)12-2/h4-8H2,1-3H3,(H,12,15). The molecule has 0 heterocycles. The third kappa shape index (κ3) is 8.38. The van der Waals surface area contributed by atoms with E-state index < -0.39 is 0 Å². The first-order valence-electron chi connectivity index (χ1n) is 5.56. The lowest BCUT2D eigenvalue weighted by molar-refractivity contribution is -0.144. The zero-order chi connectivity index (χ0) is 13.3. The average molecular weight is 244 g/mol. The van der Waals surface area contributed by atoms with Gasteiger partial charge in [-0.2, -0.15) is 0 Å². The maximum Gasteiger partial charge on any atom is 0.306 e. The molecule has 0 aromatic heterocycles. The zero-order valence-corrected chi connectivity index (χ0v) is 10.6. The van der Waals surface area contributed by atoms with Crippen LogP contribution >= 0.6 is 0 Å². The molecule has 0 aromatic rings. The summed E-state index contributed by atoms with van der Waals surface area (Å²) >= 11 is 0. The molecule has 98 valence electrons. The van der Waals surface area contributed by atoms with Crippen LogP contribution in [-0.4, -0.2) is 56.4 Å². The second kappa shape index (κ2) is 8.69. The highest BCUT2D eigenvalue weighted by molar-refractivity contribution is 5.85. The summed E-state index contributed by atoms with van der Waals surface area (Å²) in [6.45, 7) is 2.37. The molecule has 0 atom stereocenters. The molecule has 0 saturated carbocycles. The van der Waals surface area contributed by atoms with E-state index in [4.69, 9.17) is 4.74 Å². The molecule has 1 amide bonds. The van der Waals surface area contributed by atoms with Gasteiger partial charge in [0.1, 0.15) is 5.78 Å². The van der Waals surface area contributed by atoms with Gasteiger partial charge in [0.2, 0.25) is 5.91 Å². The number of Topliss-reactive ketones (excluding diaryl/α,β-unsaturated/α-hetero) is 1. The Morgan fingerprint density at radius 2 is 1.82 bits per heavy atom. The van der Waals surface area contributed by atoms with Crippen LogP contribution in [0.2, 0.25) is 0 Å². The van der Waals surface area contributed by atoms with Crippen LogP contribution in [0.1, 0.15) is 19.8 Å². The summed E-state index contributed by atoms with van der Waals surface area (Å²) in [7, 11) is 3.22. The van der Waals surface area contributed by atoms with Crippen molar-refractivity contribution in [3.8, 4) is 0 Å². The highest BCUT2D eigenvalue weighted by Crippen LogP contribution is 1.96. The minimum Gasteiger partial charge on any atom is -0.466 e. The Hall–Kier alpha value is -1.43. The summed E-state index contributed by atoms with van der Waals surface area (Å²) in [5.41, 5.74) is 0. The Labute approximate surface area is 101 Å². The van der Waals surface area contributed by atoms with E-state index in [2.05, 4.69) is 5.32 Å². The molecule has 0 bridgehead atoms. The maximum absolute atomic E-state index is 11.5. The minimum atomic E-state index is -0.366. The summed E-state index contributed by atoms with van der Waals surface area (Å²) in [5, 5.41) is 2.47. The number of carbonyl (C=O) groups excluding carboxylic acids is 3. The largest absolute Gasteiger partial charge is 0.466 e. The number of amides is 1. The fraction of sp³-hybridized carbons (Fsp3) is 0.727. The van der Waals surface area contributed by atoms with Gasteiger partial charge in [-0.05, 0) is 14.0 Å². The Balaban J connectivity index is 3.78. The Morgan fingerprint density at radius 3 is 2.35 bits per heavy atom. The van der Waals surface area contributed by atoms with Crippen molar-refractivity contribution in [2.45, 2.75) is 19.8 Å². The van der Waals surface area contributed by atoms with Crippen LogP contribution in [0.4, 0.5) is 0 Å². The van der Waals surface area contributed by atoms with E-state index >= 15 is 0 Å². The van der Waals surface area contributed by atoms with Gasteiger partial charge in [-0.3, -0.25) is 19.3 Å². The molecule has 0 aromatic carbocycles. The van der Waals surface area contributed by atoms with Gasteiger partial charge >= 0.3 is 5.97 Å². The van der Waals surface area contributed by atoms with Crippen molar-refractivity contribution >= 4 is 17.7 Å². The van der Waals surface area contributed by atoms with Crippen molar-refractivity contribution < 1.29 is 19.1 Å². The first-order valence-corrected chi connectivity index (χ1v) is 5.56. The smallest absolute Gasteiger partial charge is 0.306 e. The number of ketones is 1. The van der Waals surface area contributed by atoms with Crippen molar-refractivity contribution in [2.75, 3.05) is 33.8 Å². The van der Waals surface area contributed by atoms with Gasteiger partial charge in [-0.1, -0.05) is 0 Å². The zero-order valence-electron chi connectivity index (χ0n) is 10.6. The van der Waals surface area contributed by atoms with E-state index in [-0.39, 0.29) is 43.6 Å². The highest BCUT2D eigenvalue weighted by atomic mass is 16.5. The topological polar surface area (TPSA) is 75.7 Å². The monoisotopic (exact) mass is 244 g/mol. The first-order chi connectivity index (χ1) is 7.99.